The van der Waals surface area contributed by atoms with Gasteiger partial charge in [0.15, 0.2) is 0 Å². The third-order valence-electron chi connectivity index (χ3n) is 2.86. The van der Waals surface area contributed by atoms with Gasteiger partial charge in [0.2, 0.25) is 0 Å². The Morgan fingerprint density at radius 1 is 1.29 bits per heavy atom. The second kappa shape index (κ2) is 3.17. The lowest BCUT2D eigenvalue weighted by atomic mass is 10.1. The first kappa shape index (κ1) is 8.12. The molecular weight excluding hydrogens is 176 g/mol. The van der Waals surface area contributed by atoms with Crippen LogP contribution in [-0.4, -0.2) is 25.7 Å². The minimum absolute atomic E-state index is 0.377. The van der Waals surface area contributed by atoms with E-state index >= 15 is 0 Å². The number of ether oxygens (including phenoxy) is 1. The SMILES string of the molecule is c1cc2c(c(OC3CNC3)c1)CCN2. The van der Waals surface area contributed by atoms with Crippen LogP contribution in [0, 0.1) is 0 Å². The Hall–Kier alpha value is -1.22. The minimum atomic E-state index is 0.377. The Kier molecular flexibility index (Phi) is 1.84. The summed E-state index contributed by atoms with van der Waals surface area (Å²) in [6.45, 7) is 3.01. The molecule has 0 amide bonds. The molecule has 2 aliphatic rings. The quantitative estimate of drug-likeness (QED) is 0.730. The molecule has 0 bridgehead atoms. The van der Waals surface area contributed by atoms with Crippen LogP contribution in [0.3, 0.4) is 0 Å². The van der Waals surface area contributed by atoms with Crippen molar-refractivity contribution >= 4 is 5.69 Å². The van der Waals surface area contributed by atoms with E-state index in [0.29, 0.717) is 6.10 Å². The van der Waals surface area contributed by atoms with E-state index in [1.165, 1.54) is 11.3 Å². The largest absolute Gasteiger partial charge is 0.487 e. The number of anilines is 1. The fraction of sp³-hybridized carbons (Fsp3) is 0.455. The van der Waals surface area contributed by atoms with Crippen molar-refractivity contribution in [2.75, 3.05) is 25.0 Å². The fourth-order valence-electron chi connectivity index (χ4n) is 1.95. The lowest BCUT2D eigenvalue weighted by Gasteiger charge is -2.28. The van der Waals surface area contributed by atoms with E-state index in [9.17, 15) is 0 Å². The van der Waals surface area contributed by atoms with Crippen molar-refractivity contribution < 1.29 is 4.74 Å². The topological polar surface area (TPSA) is 33.3 Å². The standard InChI is InChI=1S/C11H14N2O/c1-2-10-9(4-5-13-10)11(3-1)14-8-6-12-7-8/h1-3,8,12-13H,4-7H2. The van der Waals surface area contributed by atoms with Gasteiger partial charge in [-0.2, -0.15) is 0 Å². The molecule has 3 rings (SSSR count). The Morgan fingerprint density at radius 2 is 2.21 bits per heavy atom. The van der Waals surface area contributed by atoms with Crippen LogP contribution in [0.4, 0.5) is 5.69 Å². The van der Waals surface area contributed by atoms with Gasteiger partial charge in [0.25, 0.3) is 0 Å². The number of hydrogen-bond acceptors (Lipinski definition) is 3. The predicted molar refractivity (Wildman–Crippen MR) is 55.9 cm³/mol. The Bertz CT molecular complexity index is 347. The lowest BCUT2D eigenvalue weighted by Crippen LogP contribution is -2.50. The third-order valence-corrected chi connectivity index (χ3v) is 2.86. The van der Waals surface area contributed by atoms with E-state index in [2.05, 4.69) is 28.8 Å². The van der Waals surface area contributed by atoms with Crippen molar-refractivity contribution in [1.29, 1.82) is 0 Å². The molecule has 1 aromatic rings. The van der Waals surface area contributed by atoms with Gasteiger partial charge < -0.3 is 15.4 Å². The summed E-state index contributed by atoms with van der Waals surface area (Å²) in [5, 5.41) is 6.56. The van der Waals surface area contributed by atoms with E-state index in [0.717, 1.165) is 31.8 Å². The second-order valence-corrected chi connectivity index (χ2v) is 3.86. The summed E-state index contributed by atoms with van der Waals surface area (Å²) in [7, 11) is 0. The first-order chi connectivity index (χ1) is 6.93. The molecule has 0 aromatic heterocycles. The number of rotatable bonds is 2. The summed E-state index contributed by atoms with van der Waals surface area (Å²) >= 11 is 0. The van der Waals surface area contributed by atoms with E-state index in [-0.39, 0.29) is 0 Å². The third kappa shape index (κ3) is 1.24. The highest BCUT2D eigenvalue weighted by Gasteiger charge is 2.21. The van der Waals surface area contributed by atoms with Crippen LogP contribution in [0.15, 0.2) is 18.2 Å². The molecule has 1 fully saturated rings. The molecule has 3 nitrogen and oxygen atoms in total. The van der Waals surface area contributed by atoms with E-state index in [1.807, 2.05) is 0 Å². The fourth-order valence-corrected chi connectivity index (χ4v) is 1.95. The molecule has 0 atom stereocenters. The van der Waals surface area contributed by atoms with Gasteiger partial charge in [-0.05, 0) is 18.6 Å². The van der Waals surface area contributed by atoms with Crippen LogP contribution in [0.1, 0.15) is 5.56 Å². The molecule has 3 heteroatoms. The molecule has 2 N–H and O–H groups in total. The van der Waals surface area contributed by atoms with Crippen LogP contribution in [0.5, 0.6) is 5.75 Å². The minimum Gasteiger partial charge on any atom is -0.487 e. The molecule has 1 aromatic carbocycles. The maximum atomic E-state index is 5.89. The van der Waals surface area contributed by atoms with Crippen molar-refractivity contribution in [2.45, 2.75) is 12.5 Å². The van der Waals surface area contributed by atoms with E-state index < -0.39 is 0 Å². The summed E-state index contributed by atoms with van der Waals surface area (Å²) in [5.41, 5.74) is 2.59. The number of fused-ring (bicyclic) bond motifs is 1. The molecular formula is C11H14N2O. The zero-order valence-electron chi connectivity index (χ0n) is 8.05. The van der Waals surface area contributed by atoms with Gasteiger partial charge in [-0.3, -0.25) is 0 Å². The Morgan fingerprint density at radius 3 is 3.00 bits per heavy atom. The molecule has 0 radical (unpaired) electrons. The normalized spacial score (nSPS) is 19.7. The average molecular weight is 190 g/mol. The maximum Gasteiger partial charge on any atom is 0.125 e. The lowest BCUT2D eigenvalue weighted by molar-refractivity contribution is 0.141. The second-order valence-electron chi connectivity index (χ2n) is 3.86. The van der Waals surface area contributed by atoms with Crippen LogP contribution < -0.4 is 15.4 Å². The predicted octanol–water partition coefficient (Wildman–Crippen LogP) is 1.01. The van der Waals surface area contributed by atoms with Gasteiger partial charge in [0, 0.05) is 30.9 Å². The first-order valence-electron chi connectivity index (χ1n) is 5.16. The number of nitrogens with one attached hydrogen (secondary N) is 2. The molecule has 0 saturated carbocycles. The monoisotopic (exact) mass is 190 g/mol. The van der Waals surface area contributed by atoms with E-state index in [1.54, 1.807) is 0 Å². The maximum absolute atomic E-state index is 5.89. The highest BCUT2D eigenvalue weighted by atomic mass is 16.5. The summed E-state index contributed by atoms with van der Waals surface area (Å²) in [6, 6.07) is 6.25. The smallest absolute Gasteiger partial charge is 0.125 e. The summed E-state index contributed by atoms with van der Waals surface area (Å²) in [4.78, 5) is 0. The van der Waals surface area contributed by atoms with Crippen molar-refractivity contribution in [1.82, 2.24) is 5.32 Å². The molecule has 2 heterocycles. The van der Waals surface area contributed by atoms with Crippen LogP contribution in [0.25, 0.3) is 0 Å². The molecule has 0 aliphatic carbocycles. The zero-order chi connectivity index (χ0) is 9.38. The Labute approximate surface area is 83.5 Å². The summed E-state index contributed by atoms with van der Waals surface area (Å²) < 4.78 is 5.89. The highest BCUT2D eigenvalue weighted by Crippen LogP contribution is 2.31. The summed E-state index contributed by atoms with van der Waals surface area (Å²) in [5.74, 6) is 1.07. The van der Waals surface area contributed by atoms with Gasteiger partial charge >= 0.3 is 0 Å². The van der Waals surface area contributed by atoms with Crippen molar-refractivity contribution in [3.8, 4) is 5.75 Å². The molecule has 2 aliphatic heterocycles. The molecule has 0 spiro atoms. The van der Waals surface area contributed by atoms with Crippen LogP contribution in [0.2, 0.25) is 0 Å². The van der Waals surface area contributed by atoms with Crippen molar-refractivity contribution in [3.63, 3.8) is 0 Å². The van der Waals surface area contributed by atoms with Crippen LogP contribution >= 0.6 is 0 Å². The average Bonchev–Trinajstić information content (AvgIpc) is 2.59. The van der Waals surface area contributed by atoms with Gasteiger partial charge in [-0.1, -0.05) is 6.07 Å². The van der Waals surface area contributed by atoms with Gasteiger partial charge in [0.1, 0.15) is 11.9 Å². The molecule has 74 valence electrons. The number of benzene rings is 1. The van der Waals surface area contributed by atoms with Gasteiger partial charge in [-0.25, -0.2) is 0 Å². The number of hydrogen-bond donors (Lipinski definition) is 2. The molecule has 1 saturated heterocycles. The zero-order valence-corrected chi connectivity index (χ0v) is 8.05. The highest BCUT2D eigenvalue weighted by molar-refractivity contribution is 5.61. The van der Waals surface area contributed by atoms with Gasteiger partial charge in [0.05, 0.1) is 0 Å². The summed E-state index contributed by atoms with van der Waals surface area (Å²) in [6.07, 6.45) is 1.47. The molecule has 0 unspecified atom stereocenters. The molecule has 14 heavy (non-hydrogen) atoms. The van der Waals surface area contributed by atoms with Gasteiger partial charge in [-0.15, -0.1) is 0 Å². The first-order valence-corrected chi connectivity index (χ1v) is 5.16. The van der Waals surface area contributed by atoms with E-state index in [4.69, 9.17) is 4.74 Å². The van der Waals surface area contributed by atoms with Crippen molar-refractivity contribution in [3.05, 3.63) is 23.8 Å². The Balaban J connectivity index is 1.85. The van der Waals surface area contributed by atoms with Crippen molar-refractivity contribution in [2.24, 2.45) is 0 Å². The van der Waals surface area contributed by atoms with Crippen LogP contribution in [-0.2, 0) is 6.42 Å².